The number of carbonyl (C=O) groups excluding carboxylic acids is 2. The van der Waals surface area contributed by atoms with Crippen molar-refractivity contribution in [2.75, 3.05) is 13.2 Å². The predicted octanol–water partition coefficient (Wildman–Crippen LogP) is 4.13. The molecule has 152 valence electrons. The third kappa shape index (κ3) is 4.17. The molecular weight excluding hydrogens is 373 g/mol. The van der Waals surface area contributed by atoms with Gasteiger partial charge in [-0.3, -0.25) is 9.69 Å². The van der Waals surface area contributed by atoms with E-state index in [1.807, 2.05) is 37.3 Å². The minimum absolute atomic E-state index is 0.0591. The van der Waals surface area contributed by atoms with Crippen LogP contribution in [0.4, 0.5) is 9.18 Å². The summed E-state index contributed by atoms with van der Waals surface area (Å²) in [4.78, 5) is 27.5. The summed E-state index contributed by atoms with van der Waals surface area (Å²) in [6, 6.07) is 13.4. The molecular formula is C23H24FNO4. The Balaban J connectivity index is 1.45. The van der Waals surface area contributed by atoms with Gasteiger partial charge in [0.25, 0.3) is 0 Å². The fourth-order valence-electron chi connectivity index (χ4n) is 4.30. The van der Waals surface area contributed by atoms with E-state index in [9.17, 15) is 14.0 Å². The average molecular weight is 397 g/mol. The van der Waals surface area contributed by atoms with Gasteiger partial charge in [0, 0.05) is 11.5 Å². The number of piperidine rings is 1. The van der Waals surface area contributed by atoms with Crippen LogP contribution in [0.15, 0.2) is 48.5 Å². The van der Waals surface area contributed by atoms with Crippen molar-refractivity contribution < 1.29 is 23.5 Å². The number of carbonyl (C=O) groups is 2. The first-order valence-electron chi connectivity index (χ1n) is 9.90. The Bertz CT molecular complexity index is 887. The number of ether oxygens (including phenoxy) is 2. The number of hydrogen-bond donors (Lipinski definition) is 0. The van der Waals surface area contributed by atoms with Gasteiger partial charge in [0.2, 0.25) is 0 Å². The van der Waals surface area contributed by atoms with Crippen molar-refractivity contribution >= 4 is 11.9 Å². The molecule has 2 aliphatic rings. The zero-order valence-corrected chi connectivity index (χ0v) is 16.3. The third-order valence-electron chi connectivity index (χ3n) is 5.77. The molecule has 1 amide bonds. The number of ketones is 1. The van der Waals surface area contributed by atoms with Crippen LogP contribution in [0.2, 0.25) is 0 Å². The van der Waals surface area contributed by atoms with Crippen LogP contribution in [0.5, 0.6) is 0 Å². The number of Topliss-reactive ketones (excluding diaryl/α,β-unsaturated/α-hetero) is 1. The maximum absolute atomic E-state index is 13.7. The first-order chi connectivity index (χ1) is 14.0. The lowest BCUT2D eigenvalue weighted by Gasteiger charge is -2.47. The van der Waals surface area contributed by atoms with Crippen molar-refractivity contribution in [3.63, 3.8) is 0 Å². The molecule has 2 aromatic carbocycles. The first-order valence-corrected chi connectivity index (χ1v) is 9.90. The van der Waals surface area contributed by atoms with E-state index in [-0.39, 0.29) is 36.5 Å². The molecule has 2 saturated heterocycles. The Hall–Kier alpha value is -2.73. The molecule has 4 rings (SSSR count). The summed E-state index contributed by atoms with van der Waals surface area (Å²) >= 11 is 0. The highest BCUT2D eigenvalue weighted by Gasteiger charge is 2.44. The quantitative estimate of drug-likeness (QED) is 0.728. The van der Waals surface area contributed by atoms with E-state index >= 15 is 0 Å². The minimum atomic E-state index is -0.413. The number of amides is 1. The maximum Gasteiger partial charge on any atom is 0.410 e. The number of fused-ring (bicyclic) bond motifs is 2. The highest BCUT2D eigenvalue weighted by Crippen LogP contribution is 2.34. The Morgan fingerprint density at radius 3 is 2.48 bits per heavy atom. The monoisotopic (exact) mass is 397 g/mol. The number of halogens is 1. The van der Waals surface area contributed by atoms with Crippen molar-refractivity contribution in [1.29, 1.82) is 0 Å². The first kappa shape index (κ1) is 19.6. The molecule has 2 fully saturated rings. The Kier molecular flexibility index (Phi) is 5.62. The van der Waals surface area contributed by atoms with Crippen molar-refractivity contribution in [1.82, 2.24) is 4.90 Å². The predicted molar refractivity (Wildman–Crippen MR) is 105 cm³/mol. The summed E-state index contributed by atoms with van der Waals surface area (Å²) in [7, 11) is 0. The van der Waals surface area contributed by atoms with Gasteiger partial charge in [-0.05, 0) is 43.0 Å². The highest BCUT2D eigenvalue weighted by atomic mass is 19.1. The molecule has 0 radical (unpaired) electrons. The second-order valence-corrected chi connectivity index (χ2v) is 7.78. The lowest BCUT2D eigenvalue weighted by molar-refractivity contribution is -0.0755. The van der Waals surface area contributed by atoms with Gasteiger partial charge in [-0.15, -0.1) is 0 Å². The Morgan fingerprint density at radius 2 is 1.79 bits per heavy atom. The van der Waals surface area contributed by atoms with Crippen molar-refractivity contribution in [3.8, 4) is 0 Å². The van der Waals surface area contributed by atoms with E-state index < -0.39 is 5.82 Å². The molecule has 6 heteroatoms. The largest absolute Gasteiger partial charge is 0.445 e. The smallest absolute Gasteiger partial charge is 0.410 e. The lowest BCUT2D eigenvalue weighted by Crippen LogP contribution is -2.59. The number of hydrogen-bond acceptors (Lipinski definition) is 4. The molecule has 2 atom stereocenters. The van der Waals surface area contributed by atoms with Gasteiger partial charge in [0.15, 0.2) is 5.78 Å². The zero-order chi connectivity index (χ0) is 20.4. The van der Waals surface area contributed by atoms with Gasteiger partial charge in [-0.25, -0.2) is 9.18 Å². The molecule has 29 heavy (non-hydrogen) atoms. The number of nitrogens with zero attached hydrogens (tertiary/aromatic N) is 1. The Morgan fingerprint density at radius 1 is 1.10 bits per heavy atom. The van der Waals surface area contributed by atoms with Crippen LogP contribution < -0.4 is 0 Å². The molecule has 0 aromatic heterocycles. The molecule has 2 aliphatic heterocycles. The summed E-state index contributed by atoms with van der Waals surface area (Å²) in [6.45, 7) is 2.78. The maximum atomic E-state index is 13.7. The molecule has 2 aromatic rings. The standard InChI is InChI=1S/C23H24FNO4/c1-15-7-8-18(24)11-21(15)22(26)17-9-19-13-28-14-20(10-17)25(19)23(27)29-12-16-5-3-2-4-6-16/h2-8,11,17,19-20H,9-10,12-14H2,1H3. The summed E-state index contributed by atoms with van der Waals surface area (Å²) in [5, 5.41) is 0. The summed E-state index contributed by atoms with van der Waals surface area (Å²) in [6.07, 6.45) is 0.609. The molecule has 0 saturated carbocycles. The van der Waals surface area contributed by atoms with Crippen LogP contribution in [0.25, 0.3) is 0 Å². The van der Waals surface area contributed by atoms with Crippen molar-refractivity contribution in [3.05, 3.63) is 71.0 Å². The lowest BCUT2D eigenvalue weighted by atomic mass is 9.80. The van der Waals surface area contributed by atoms with Gasteiger partial charge >= 0.3 is 6.09 Å². The summed E-state index contributed by atoms with van der Waals surface area (Å²) < 4.78 is 24.8. The van der Waals surface area contributed by atoms with Crippen molar-refractivity contribution in [2.24, 2.45) is 5.92 Å². The third-order valence-corrected chi connectivity index (χ3v) is 5.77. The molecule has 0 aliphatic carbocycles. The molecule has 0 spiro atoms. The zero-order valence-electron chi connectivity index (χ0n) is 16.3. The van der Waals surface area contributed by atoms with E-state index in [0.29, 0.717) is 31.6 Å². The normalized spacial score (nSPS) is 23.5. The number of morpholine rings is 1. The van der Waals surface area contributed by atoms with Crippen LogP contribution in [0, 0.1) is 18.7 Å². The van der Waals surface area contributed by atoms with E-state index in [4.69, 9.17) is 9.47 Å². The molecule has 0 N–H and O–H groups in total. The van der Waals surface area contributed by atoms with Crippen LogP contribution in [-0.4, -0.2) is 42.1 Å². The summed E-state index contributed by atoms with van der Waals surface area (Å²) in [5.41, 5.74) is 2.12. The van der Waals surface area contributed by atoms with Crippen molar-refractivity contribution in [2.45, 2.75) is 38.5 Å². The Labute approximate surface area is 169 Å². The summed E-state index contributed by atoms with van der Waals surface area (Å²) in [5.74, 6) is -0.729. The van der Waals surface area contributed by atoms with E-state index in [1.54, 1.807) is 11.0 Å². The number of aryl methyl sites for hydroxylation is 1. The average Bonchev–Trinajstić information content (AvgIpc) is 2.73. The van der Waals surface area contributed by atoms with Gasteiger partial charge in [-0.2, -0.15) is 0 Å². The second-order valence-electron chi connectivity index (χ2n) is 7.78. The number of rotatable bonds is 4. The topological polar surface area (TPSA) is 55.8 Å². The second kappa shape index (κ2) is 8.33. The number of benzene rings is 2. The van der Waals surface area contributed by atoms with Gasteiger partial charge in [0.1, 0.15) is 12.4 Å². The highest BCUT2D eigenvalue weighted by molar-refractivity contribution is 5.99. The van der Waals surface area contributed by atoms with E-state index in [2.05, 4.69) is 0 Å². The van der Waals surface area contributed by atoms with E-state index in [1.165, 1.54) is 12.1 Å². The van der Waals surface area contributed by atoms with Crippen LogP contribution in [0.1, 0.15) is 34.3 Å². The SMILES string of the molecule is Cc1ccc(F)cc1C(=O)C1CC2COCC(C1)N2C(=O)OCc1ccccc1. The van der Waals surface area contributed by atoms with Crippen LogP contribution in [-0.2, 0) is 16.1 Å². The fraction of sp³-hybridized carbons (Fsp3) is 0.391. The molecule has 2 bridgehead atoms. The molecule has 2 heterocycles. The molecule has 2 unspecified atom stereocenters. The van der Waals surface area contributed by atoms with Gasteiger partial charge < -0.3 is 9.47 Å². The van der Waals surface area contributed by atoms with Crippen LogP contribution >= 0.6 is 0 Å². The fourth-order valence-corrected chi connectivity index (χ4v) is 4.30. The van der Waals surface area contributed by atoms with Crippen LogP contribution in [0.3, 0.4) is 0 Å². The van der Waals surface area contributed by atoms with Gasteiger partial charge in [-0.1, -0.05) is 36.4 Å². The minimum Gasteiger partial charge on any atom is -0.445 e. The van der Waals surface area contributed by atoms with E-state index in [0.717, 1.165) is 11.1 Å². The molecule has 5 nitrogen and oxygen atoms in total. The van der Waals surface area contributed by atoms with Gasteiger partial charge in [0.05, 0.1) is 25.3 Å².